The molecule has 0 unspecified atom stereocenters. The van der Waals surface area contributed by atoms with E-state index in [1.165, 1.54) is 0 Å². The Morgan fingerprint density at radius 3 is 2.42 bits per heavy atom. The van der Waals surface area contributed by atoms with Gasteiger partial charge in [-0.15, -0.1) is 0 Å². The molecule has 158 valence electrons. The molecule has 1 aromatic heterocycles. The van der Waals surface area contributed by atoms with Gasteiger partial charge in [-0.2, -0.15) is 5.10 Å². The quantitative estimate of drug-likeness (QED) is 0.359. The Labute approximate surface area is 184 Å². The van der Waals surface area contributed by atoms with Crippen LogP contribution in [0.15, 0.2) is 54.6 Å². The number of hydrogen-bond acceptors (Lipinski definition) is 4. The Kier molecular flexibility index (Phi) is 5.93. The number of nitrogens with zero attached hydrogens (tertiary/aromatic N) is 1. The number of hydrogen-bond donors (Lipinski definition) is 3. The molecular formula is C24H21ClN2O4. The number of methoxy groups -OCH3 is 1. The molecule has 0 spiro atoms. The molecule has 0 bridgehead atoms. The highest BCUT2D eigenvalue weighted by Gasteiger charge is 2.13. The highest BCUT2D eigenvalue weighted by molar-refractivity contribution is 6.34. The van der Waals surface area contributed by atoms with Gasteiger partial charge in [0.1, 0.15) is 5.75 Å². The van der Waals surface area contributed by atoms with Crippen LogP contribution in [0.3, 0.4) is 0 Å². The largest absolute Gasteiger partial charge is 0.507 e. The Balaban J connectivity index is 1.66. The van der Waals surface area contributed by atoms with E-state index < -0.39 is 5.97 Å². The number of aromatic nitrogens is 2. The molecular weight excluding hydrogens is 416 g/mol. The fraction of sp³-hybridized carbons (Fsp3) is 0.167. The van der Waals surface area contributed by atoms with E-state index in [0.717, 1.165) is 38.7 Å². The van der Waals surface area contributed by atoms with E-state index in [4.69, 9.17) is 21.4 Å². The number of aromatic hydroxyl groups is 1. The fourth-order valence-corrected chi connectivity index (χ4v) is 3.91. The number of fused-ring (bicyclic) bond motifs is 1. The van der Waals surface area contributed by atoms with Gasteiger partial charge in [-0.1, -0.05) is 48.0 Å². The fourth-order valence-electron chi connectivity index (χ4n) is 3.64. The maximum Gasteiger partial charge on any atom is 0.303 e. The van der Waals surface area contributed by atoms with E-state index in [1.807, 2.05) is 42.5 Å². The third kappa shape index (κ3) is 4.40. The molecule has 3 aromatic carbocycles. The average Bonchev–Trinajstić information content (AvgIpc) is 3.14. The van der Waals surface area contributed by atoms with Crippen LogP contribution in [0, 0.1) is 0 Å². The van der Waals surface area contributed by atoms with E-state index >= 15 is 0 Å². The molecule has 0 amide bonds. The van der Waals surface area contributed by atoms with E-state index in [9.17, 15) is 9.90 Å². The number of halogens is 1. The number of carboxylic acid groups (broad SMARTS) is 1. The Morgan fingerprint density at radius 1 is 1.06 bits per heavy atom. The second-order valence-electron chi connectivity index (χ2n) is 7.30. The minimum Gasteiger partial charge on any atom is -0.507 e. The number of rotatable bonds is 7. The first-order valence-electron chi connectivity index (χ1n) is 9.76. The summed E-state index contributed by atoms with van der Waals surface area (Å²) in [5, 5.41) is 27.9. The second kappa shape index (κ2) is 8.79. The number of phenols is 1. The Morgan fingerprint density at radius 2 is 1.77 bits per heavy atom. The van der Waals surface area contributed by atoms with Crippen LogP contribution in [0.5, 0.6) is 5.75 Å². The number of carbonyl (C=O) groups is 1. The number of aryl methyl sites for hydroxylation is 1. The van der Waals surface area contributed by atoms with Gasteiger partial charge >= 0.3 is 5.97 Å². The number of H-pyrrole nitrogens is 1. The predicted molar refractivity (Wildman–Crippen MR) is 120 cm³/mol. The Bertz CT molecular complexity index is 1250. The minimum atomic E-state index is -0.862. The number of nitrogens with one attached hydrogen (secondary N) is 1. The molecule has 3 N–H and O–H groups in total. The lowest BCUT2D eigenvalue weighted by Crippen LogP contribution is -1.98. The first-order chi connectivity index (χ1) is 15.0. The molecule has 0 saturated carbocycles. The zero-order valence-electron chi connectivity index (χ0n) is 16.9. The lowest BCUT2D eigenvalue weighted by Gasteiger charge is -2.10. The molecule has 0 saturated heterocycles. The zero-order valence-corrected chi connectivity index (χ0v) is 17.6. The molecule has 0 aliphatic heterocycles. The third-order valence-electron chi connectivity index (χ3n) is 5.19. The summed E-state index contributed by atoms with van der Waals surface area (Å²) in [4.78, 5) is 10.9. The van der Waals surface area contributed by atoms with Gasteiger partial charge in [0, 0.05) is 30.0 Å². The van der Waals surface area contributed by atoms with Crippen LogP contribution in [0.4, 0.5) is 0 Å². The number of phenolic OH excluding ortho intramolecular Hbond substituents is 1. The van der Waals surface area contributed by atoms with Crippen LogP contribution in [-0.4, -0.2) is 33.5 Å². The van der Waals surface area contributed by atoms with E-state index in [0.29, 0.717) is 23.7 Å². The van der Waals surface area contributed by atoms with Gasteiger partial charge in [0.15, 0.2) is 0 Å². The Hall–Kier alpha value is -3.35. The van der Waals surface area contributed by atoms with E-state index in [-0.39, 0.29) is 12.2 Å². The molecule has 0 aliphatic rings. The van der Waals surface area contributed by atoms with Gasteiger partial charge < -0.3 is 14.9 Å². The summed E-state index contributed by atoms with van der Waals surface area (Å²) in [6.07, 6.45) is 0.354. The summed E-state index contributed by atoms with van der Waals surface area (Å²) in [5.74, 6) is -0.664. The summed E-state index contributed by atoms with van der Waals surface area (Å²) in [6, 6.07) is 17.0. The second-order valence-corrected chi connectivity index (χ2v) is 7.71. The maximum atomic E-state index is 10.9. The molecule has 4 rings (SSSR count). The third-order valence-corrected chi connectivity index (χ3v) is 5.50. The molecule has 0 radical (unpaired) electrons. The molecule has 0 atom stereocenters. The number of ether oxygens (including phenoxy) is 1. The van der Waals surface area contributed by atoms with E-state index in [1.54, 1.807) is 19.2 Å². The van der Waals surface area contributed by atoms with Crippen molar-refractivity contribution >= 4 is 28.5 Å². The number of aromatic amines is 1. The smallest absolute Gasteiger partial charge is 0.303 e. The highest BCUT2D eigenvalue weighted by Crippen LogP contribution is 2.36. The normalized spacial score (nSPS) is 11.2. The maximum absolute atomic E-state index is 10.9. The van der Waals surface area contributed by atoms with Gasteiger partial charge in [-0.3, -0.25) is 9.89 Å². The molecule has 0 fully saturated rings. The number of benzene rings is 3. The van der Waals surface area contributed by atoms with Crippen LogP contribution < -0.4 is 0 Å². The predicted octanol–water partition coefficient (Wildman–Crippen LogP) is 5.42. The van der Waals surface area contributed by atoms with Crippen molar-refractivity contribution in [1.29, 1.82) is 0 Å². The van der Waals surface area contributed by atoms with Gasteiger partial charge in [-0.05, 0) is 34.9 Å². The van der Waals surface area contributed by atoms with Crippen molar-refractivity contribution in [2.45, 2.75) is 19.4 Å². The number of carboxylic acids is 1. The first-order valence-corrected chi connectivity index (χ1v) is 10.1. The van der Waals surface area contributed by atoms with Crippen molar-refractivity contribution in [2.75, 3.05) is 7.11 Å². The van der Waals surface area contributed by atoms with Crippen molar-refractivity contribution in [2.24, 2.45) is 0 Å². The lowest BCUT2D eigenvalue weighted by molar-refractivity contribution is -0.136. The van der Waals surface area contributed by atoms with Crippen molar-refractivity contribution < 1.29 is 19.7 Å². The zero-order chi connectivity index (χ0) is 22.0. The first kappa shape index (κ1) is 20.9. The SMILES string of the molecule is COCc1ccc(-c2ccc(-c3cc4c(CCC(=O)O)n[nH]c4cc3Cl)cc2)c(O)c1. The minimum absolute atomic E-state index is 0.0132. The van der Waals surface area contributed by atoms with Gasteiger partial charge in [0.05, 0.1) is 29.3 Å². The average molecular weight is 437 g/mol. The lowest BCUT2D eigenvalue weighted by atomic mass is 9.97. The standard InChI is InChI=1S/C24H21ClN2O4/c1-31-13-14-2-7-17(23(28)10-14)15-3-5-16(6-4-15)18-11-19-21(8-9-24(29)30)26-27-22(19)12-20(18)25/h2-7,10-12,28H,8-9,13H2,1H3,(H,26,27)(H,29,30). The molecule has 31 heavy (non-hydrogen) atoms. The van der Waals surface area contributed by atoms with Crippen LogP contribution in [0.1, 0.15) is 17.7 Å². The summed E-state index contributed by atoms with van der Waals surface area (Å²) in [7, 11) is 1.62. The van der Waals surface area contributed by atoms with E-state index in [2.05, 4.69) is 10.2 Å². The monoisotopic (exact) mass is 436 g/mol. The van der Waals surface area contributed by atoms with Crippen LogP contribution >= 0.6 is 11.6 Å². The van der Waals surface area contributed by atoms with Gasteiger partial charge in [0.25, 0.3) is 0 Å². The summed E-state index contributed by atoms with van der Waals surface area (Å²) < 4.78 is 5.10. The van der Waals surface area contributed by atoms with Crippen molar-refractivity contribution in [1.82, 2.24) is 10.2 Å². The van der Waals surface area contributed by atoms with Crippen molar-refractivity contribution in [3.63, 3.8) is 0 Å². The highest BCUT2D eigenvalue weighted by atomic mass is 35.5. The topological polar surface area (TPSA) is 95.4 Å². The number of aliphatic carboxylic acids is 1. The summed E-state index contributed by atoms with van der Waals surface area (Å²) in [5.41, 5.74) is 5.74. The molecule has 7 heteroatoms. The van der Waals surface area contributed by atoms with Crippen molar-refractivity contribution in [3.05, 3.63) is 70.9 Å². The van der Waals surface area contributed by atoms with Gasteiger partial charge in [0.2, 0.25) is 0 Å². The van der Waals surface area contributed by atoms with Gasteiger partial charge in [-0.25, -0.2) is 0 Å². The van der Waals surface area contributed by atoms with Crippen LogP contribution in [-0.2, 0) is 22.6 Å². The molecule has 1 heterocycles. The summed E-state index contributed by atoms with van der Waals surface area (Å²) in [6.45, 7) is 0.441. The molecule has 0 aliphatic carbocycles. The molecule has 6 nitrogen and oxygen atoms in total. The van der Waals surface area contributed by atoms with Crippen molar-refractivity contribution in [3.8, 4) is 28.0 Å². The summed E-state index contributed by atoms with van der Waals surface area (Å²) >= 11 is 6.51. The molecule has 4 aromatic rings. The van der Waals surface area contributed by atoms with Crippen LogP contribution in [0.2, 0.25) is 5.02 Å². The van der Waals surface area contributed by atoms with Crippen LogP contribution in [0.25, 0.3) is 33.2 Å².